The molecule has 0 amide bonds. The van der Waals surface area contributed by atoms with Crippen LogP contribution in [0.3, 0.4) is 0 Å². The van der Waals surface area contributed by atoms with Crippen LogP contribution in [0.5, 0.6) is 0 Å². The molecule has 1 saturated carbocycles. The molecule has 0 spiro atoms. The molecule has 0 radical (unpaired) electrons. The van der Waals surface area contributed by atoms with Crippen LogP contribution in [-0.2, 0) is 18.8 Å². The van der Waals surface area contributed by atoms with Crippen LogP contribution in [0.15, 0.2) is 0 Å². The predicted molar refractivity (Wildman–Crippen MR) is 160 cm³/mol. The van der Waals surface area contributed by atoms with Crippen LogP contribution in [0, 0.1) is 11.8 Å². The molecule has 0 saturated heterocycles. The zero-order valence-corrected chi connectivity index (χ0v) is 26.1. The number of ether oxygens (including phenoxy) is 2. The van der Waals surface area contributed by atoms with E-state index in [9.17, 15) is 14.5 Å². The average molecular weight is 577 g/mol. The Morgan fingerprint density at radius 2 is 1.58 bits per heavy atom. The highest BCUT2D eigenvalue weighted by Crippen LogP contribution is 2.36. The number of hydrogen-bond donors (Lipinski definition) is 2. The number of unbranched alkanes of at least 4 members (excludes halogenated alkanes) is 8. The summed E-state index contributed by atoms with van der Waals surface area (Å²) in [5.74, 6) is 3.17. The SMILES string of the molecule is CCCCCCC(CCSCCCCCCCCC(C)OCCCOCC(O)(P=O)C(=O)O)C1CCCC1. The molecule has 3 unspecified atom stereocenters. The van der Waals surface area contributed by atoms with E-state index >= 15 is 0 Å². The Hall–Kier alpha value is -0.200. The smallest absolute Gasteiger partial charge is 0.350 e. The van der Waals surface area contributed by atoms with Gasteiger partial charge in [0.25, 0.3) is 5.34 Å². The summed E-state index contributed by atoms with van der Waals surface area (Å²) in [7, 11) is -0.869. The van der Waals surface area contributed by atoms with Crippen molar-refractivity contribution in [1.82, 2.24) is 0 Å². The second-order valence-electron chi connectivity index (χ2n) is 11.3. The lowest BCUT2D eigenvalue weighted by Crippen LogP contribution is -2.37. The summed E-state index contributed by atoms with van der Waals surface area (Å²) in [5, 5.41) is 16.0. The van der Waals surface area contributed by atoms with Gasteiger partial charge in [0.05, 0.1) is 12.7 Å². The van der Waals surface area contributed by atoms with Crippen molar-refractivity contribution in [1.29, 1.82) is 0 Å². The summed E-state index contributed by atoms with van der Waals surface area (Å²) in [6, 6.07) is 0. The largest absolute Gasteiger partial charge is 0.478 e. The molecule has 6 nitrogen and oxygen atoms in total. The molecule has 2 N–H and O–H groups in total. The van der Waals surface area contributed by atoms with E-state index in [1.807, 2.05) is 0 Å². The Bertz CT molecular complexity index is 589. The number of rotatable bonds is 27. The third kappa shape index (κ3) is 17.5. The standard InChI is InChI=1S/C30H57O6PS/c1-3-4-5-11-17-28(27-18-12-13-19-27)20-24-38-23-14-9-7-6-8-10-16-26(2)36-22-15-21-35-25-30(33,37-34)29(31)32/h26-28,33H,3-25H2,1-2H3,(H,31,32). The highest BCUT2D eigenvalue weighted by Gasteiger charge is 2.37. The Kier molecular flexibility index (Phi) is 22.2. The van der Waals surface area contributed by atoms with Crippen molar-refractivity contribution in [2.24, 2.45) is 11.8 Å². The maximum Gasteiger partial charge on any atom is 0.350 e. The lowest BCUT2D eigenvalue weighted by atomic mass is 9.84. The molecular weight excluding hydrogens is 519 g/mol. The minimum atomic E-state index is -2.36. The molecule has 8 heteroatoms. The Balaban J connectivity index is 1.91. The van der Waals surface area contributed by atoms with Crippen molar-refractivity contribution in [3.05, 3.63) is 0 Å². The van der Waals surface area contributed by atoms with E-state index in [4.69, 9.17) is 14.6 Å². The van der Waals surface area contributed by atoms with Crippen LogP contribution >= 0.6 is 20.2 Å². The van der Waals surface area contributed by atoms with Crippen LogP contribution in [0.1, 0.15) is 129 Å². The van der Waals surface area contributed by atoms with Gasteiger partial charge in [0.1, 0.15) is 0 Å². The molecule has 1 rings (SSSR count). The number of hydrogen-bond acceptors (Lipinski definition) is 6. The summed E-state index contributed by atoms with van der Waals surface area (Å²) >= 11 is 2.19. The molecule has 0 aromatic heterocycles. The van der Waals surface area contributed by atoms with Crippen LogP contribution < -0.4 is 0 Å². The topological polar surface area (TPSA) is 93.1 Å². The molecule has 3 atom stereocenters. The van der Waals surface area contributed by atoms with Gasteiger partial charge in [-0.3, -0.25) is 4.57 Å². The highest BCUT2D eigenvalue weighted by molar-refractivity contribution is 7.99. The molecule has 0 aliphatic heterocycles. The summed E-state index contributed by atoms with van der Waals surface area (Å²) in [5.41, 5.74) is 0. The average Bonchev–Trinajstić information content (AvgIpc) is 3.45. The lowest BCUT2D eigenvalue weighted by Gasteiger charge is -2.23. The van der Waals surface area contributed by atoms with Crippen molar-refractivity contribution in [3.8, 4) is 0 Å². The quantitative estimate of drug-likeness (QED) is 0.0748. The number of carboxylic acids is 1. The second kappa shape index (κ2) is 23.5. The van der Waals surface area contributed by atoms with E-state index in [1.165, 1.54) is 114 Å². The van der Waals surface area contributed by atoms with Crippen molar-refractivity contribution in [3.63, 3.8) is 0 Å². The van der Waals surface area contributed by atoms with Crippen LogP contribution in [-0.4, -0.2) is 59.0 Å². The van der Waals surface area contributed by atoms with E-state index in [2.05, 4.69) is 25.6 Å². The summed E-state index contributed by atoms with van der Waals surface area (Å²) < 4.78 is 21.7. The van der Waals surface area contributed by atoms with Gasteiger partial charge in [-0.1, -0.05) is 96.8 Å². The van der Waals surface area contributed by atoms with E-state index < -0.39 is 26.4 Å². The van der Waals surface area contributed by atoms with Crippen molar-refractivity contribution >= 4 is 26.2 Å². The number of aliphatic hydroxyl groups is 1. The predicted octanol–water partition coefficient (Wildman–Crippen LogP) is 8.49. The Morgan fingerprint density at radius 1 is 0.921 bits per heavy atom. The highest BCUT2D eigenvalue weighted by atomic mass is 32.2. The molecule has 1 aliphatic rings. The Labute approximate surface area is 239 Å². The molecular formula is C30H57O6PS. The number of carboxylic acid groups (broad SMARTS) is 1. The van der Waals surface area contributed by atoms with Crippen LogP contribution in [0.25, 0.3) is 0 Å². The molecule has 0 bridgehead atoms. The zero-order chi connectivity index (χ0) is 27.9. The van der Waals surface area contributed by atoms with E-state index in [-0.39, 0.29) is 12.7 Å². The maximum absolute atomic E-state index is 10.8. The van der Waals surface area contributed by atoms with Crippen LogP contribution in [0.2, 0.25) is 0 Å². The van der Waals surface area contributed by atoms with Gasteiger partial charge in [-0.2, -0.15) is 11.8 Å². The van der Waals surface area contributed by atoms with Gasteiger partial charge in [0, 0.05) is 13.2 Å². The van der Waals surface area contributed by atoms with Crippen LogP contribution in [0.4, 0.5) is 0 Å². The van der Waals surface area contributed by atoms with E-state index in [0.29, 0.717) is 13.0 Å². The van der Waals surface area contributed by atoms with E-state index in [0.717, 1.165) is 18.3 Å². The zero-order valence-electron chi connectivity index (χ0n) is 24.4. The molecule has 0 aromatic rings. The van der Waals surface area contributed by atoms with Gasteiger partial charge in [-0.15, -0.1) is 0 Å². The summed E-state index contributed by atoms with van der Waals surface area (Å²) in [6.07, 6.45) is 24.1. The molecule has 1 fully saturated rings. The molecule has 0 aromatic carbocycles. The molecule has 1 aliphatic carbocycles. The normalized spacial score (nSPS) is 17.6. The molecule has 38 heavy (non-hydrogen) atoms. The number of thioether (sulfide) groups is 1. The minimum Gasteiger partial charge on any atom is -0.478 e. The first-order valence-electron chi connectivity index (χ1n) is 15.5. The molecule has 224 valence electrons. The van der Waals surface area contributed by atoms with Crippen molar-refractivity contribution < 1.29 is 29.0 Å². The summed E-state index contributed by atoms with van der Waals surface area (Å²) in [6.45, 7) is 4.68. The Morgan fingerprint density at radius 3 is 2.26 bits per heavy atom. The fraction of sp³-hybridized carbons (Fsp3) is 0.967. The van der Waals surface area contributed by atoms with Gasteiger partial charge in [-0.05, 0) is 55.9 Å². The third-order valence-corrected chi connectivity index (χ3v) is 9.63. The maximum atomic E-state index is 10.8. The van der Waals surface area contributed by atoms with Gasteiger partial charge in [0.15, 0.2) is 0 Å². The monoisotopic (exact) mass is 576 g/mol. The van der Waals surface area contributed by atoms with Gasteiger partial charge >= 0.3 is 5.97 Å². The molecule has 0 heterocycles. The minimum absolute atomic E-state index is 0.196. The van der Waals surface area contributed by atoms with Gasteiger partial charge < -0.3 is 19.7 Å². The van der Waals surface area contributed by atoms with E-state index in [1.54, 1.807) is 0 Å². The lowest BCUT2D eigenvalue weighted by molar-refractivity contribution is -0.154. The fourth-order valence-corrected chi connectivity index (χ4v) is 6.73. The first kappa shape index (κ1) is 35.8. The van der Waals surface area contributed by atoms with Crippen molar-refractivity contribution in [2.45, 2.75) is 141 Å². The van der Waals surface area contributed by atoms with Crippen molar-refractivity contribution in [2.75, 3.05) is 31.3 Å². The van der Waals surface area contributed by atoms with Gasteiger partial charge in [0.2, 0.25) is 8.46 Å². The van der Waals surface area contributed by atoms with Gasteiger partial charge in [-0.25, -0.2) is 4.79 Å². The first-order valence-corrected chi connectivity index (χ1v) is 17.5. The fourth-order valence-electron chi connectivity index (χ4n) is 5.43. The number of carbonyl (C=O) groups is 1. The summed E-state index contributed by atoms with van der Waals surface area (Å²) in [4.78, 5) is 10.8. The first-order chi connectivity index (χ1) is 18.4. The third-order valence-electron chi connectivity index (χ3n) is 7.91. The number of aliphatic carboxylic acids is 1. The second-order valence-corrected chi connectivity index (χ2v) is 13.4.